The number of carbonyl (C=O) groups excluding carboxylic acids is 2. The molecule has 0 aliphatic carbocycles. The first-order valence-corrected chi connectivity index (χ1v) is 10.1. The highest BCUT2D eigenvalue weighted by atomic mass is 19.1. The third-order valence-corrected chi connectivity index (χ3v) is 4.87. The lowest BCUT2D eigenvalue weighted by Gasteiger charge is -2.13. The summed E-state index contributed by atoms with van der Waals surface area (Å²) in [5.41, 5.74) is 6.09. The van der Waals surface area contributed by atoms with Crippen LogP contribution in [0.5, 0.6) is 11.5 Å². The van der Waals surface area contributed by atoms with Crippen molar-refractivity contribution in [3.8, 4) is 11.5 Å². The van der Waals surface area contributed by atoms with Gasteiger partial charge in [0.25, 0.3) is 0 Å². The molecule has 0 unspecified atom stereocenters. The van der Waals surface area contributed by atoms with Crippen LogP contribution in [0, 0.1) is 19.7 Å². The molecule has 3 aromatic carbocycles. The molecule has 0 saturated heterocycles. The number of anilines is 1. The first-order valence-electron chi connectivity index (χ1n) is 10.1. The Balaban J connectivity index is 1.65. The van der Waals surface area contributed by atoms with Gasteiger partial charge in [0.1, 0.15) is 12.4 Å². The number of para-hydroxylation sites is 1. The smallest absolute Gasteiger partial charge is 0.329 e. The van der Waals surface area contributed by atoms with Gasteiger partial charge in [-0.25, -0.2) is 9.82 Å². The third-order valence-electron chi connectivity index (χ3n) is 4.87. The summed E-state index contributed by atoms with van der Waals surface area (Å²) in [6.45, 7) is 4.05. The van der Waals surface area contributed by atoms with Crippen LogP contribution in [0.4, 0.5) is 10.1 Å². The number of benzene rings is 3. The average Bonchev–Trinajstić information content (AvgIpc) is 2.81. The Kier molecular flexibility index (Phi) is 7.75. The quantitative estimate of drug-likeness (QED) is 0.323. The van der Waals surface area contributed by atoms with Gasteiger partial charge in [-0.15, -0.1) is 0 Å². The molecule has 0 aromatic heterocycles. The fraction of sp³-hybridized carbons (Fsp3) is 0.160. The molecule has 0 heterocycles. The summed E-state index contributed by atoms with van der Waals surface area (Å²) in [5.74, 6) is -1.24. The number of ether oxygens (including phenoxy) is 2. The van der Waals surface area contributed by atoms with Gasteiger partial charge in [0.15, 0.2) is 11.5 Å². The Labute approximate surface area is 191 Å². The van der Waals surface area contributed by atoms with Crippen molar-refractivity contribution in [2.45, 2.75) is 20.5 Å². The second kappa shape index (κ2) is 10.9. The predicted octanol–water partition coefficient (Wildman–Crippen LogP) is 4.12. The van der Waals surface area contributed by atoms with Crippen LogP contribution in [0.2, 0.25) is 0 Å². The molecular formula is C25H24FN3O4. The van der Waals surface area contributed by atoms with E-state index in [1.807, 2.05) is 19.9 Å². The number of rotatable bonds is 7. The summed E-state index contributed by atoms with van der Waals surface area (Å²) < 4.78 is 24.3. The highest BCUT2D eigenvalue weighted by Crippen LogP contribution is 2.30. The number of aryl methyl sites for hydroxylation is 2. The molecule has 2 N–H and O–H groups in total. The zero-order valence-electron chi connectivity index (χ0n) is 18.5. The summed E-state index contributed by atoms with van der Waals surface area (Å²) in [6, 6.07) is 16.5. The van der Waals surface area contributed by atoms with E-state index >= 15 is 0 Å². The monoisotopic (exact) mass is 449 g/mol. The molecular weight excluding hydrogens is 425 g/mol. The Morgan fingerprint density at radius 3 is 2.45 bits per heavy atom. The van der Waals surface area contributed by atoms with Crippen molar-refractivity contribution in [3.05, 3.63) is 88.7 Å². The van der Waals surface area contributed by atoms with Gasteiger partial charge in [0.05, 0.1) is 13.3 Å². The number of methoxy groups -OCH3 is 1. The molecule has 0 spiro atoms. The van der Waals surface area contributed by atoms with Gasteiger partial charge in [-0.05, 0) is 66.9 Å². The third kappa shape index (κ3) is 6.39. The van der Waals surface area contributed by atoms with E-state index in [0.29, 0.717) is 22.7 Å². The molecule has 0 bridgehead atoms. The summed E-state index contributed by atoms with van der Waals surface area (Å²) in [6.07, 6.45) is 1.35. The number of carbonyl (C=O) groups is 2. The van der Waals surface area contributed by atoms with Gasteiger partial charge in [-0.1, -0.05) is 24.3 Å². The van der Waals surface area contributed by atoms with Gasteiger partial charge in [0.2, 0.25) is 0 Å². The minimum Gasteiger partial charge on any atom is -0.493 e. The Hall–Kier alpha value is -4.20. The van der Waals surface area contributed by atoms with Crippen molar-refractivity contribution < 1.29 is 23.5 Å². The van der Waals surface area contributed by atoms with E-state index in [1.165, 1.54) is 25.5 Å². The number of nitrogens with one attached hydrogen (secondary N) is 2. The van der Waals surface area contributed by atoms with Crippen LogP contribution in [-0.4, -0.2) is 25.1 Å². The lowest BCUT2D eigenvalue weighted by atomic mass is 10.1. The second-order valence-electron chi connectivity index (χ2n) is 7.25. The highest BCUT2D eigenvalue weighted by Gasteiger charge is 2.14. The number of nitrogens with zero attached hydrogens (tertiary/aromatic N) is 1. The predicted molar refractivity (Wildman–Crippen MR) is 124 cm³/mol. The lowest BCUT2D eigenvalue weighted by Crippen LogP contribution is -2.32. The molecule has 2 amide bonds. The molecule has 33 heavy (non-hydrogen) atoms. The summed E-state index contributed by atoms with van der Waals surface area (Å²) in [7, 11) is 1.50. The van der Waals surface area contributed by atoms with E-state index in [9.17, 15) is 14.0 Å². The molecule has 0 aliphatic heterocycles. The Bertz CT molecular complexity index is 1180. The van der Waals surface area contributed by atoms with Gasteiger partial charge in [0, 0.05) is 11.3 Å². The fourth-order valence-electron chi connectivity index (χ4n) is 2.90. The van der Waals surface area contributed by atoms with E-state index in [2.05, 4.69) is 15.8 Å². The molecule has 7 nitrogen and oxygen atoms in total. The Morgan fingerprint density at radius 2 is 1.76 bits per heavy atom. The van der Waals surface area contributed by atoms with E-state index in [-0.39, 0.29) is 12.4 Å². The maximum absolute atomic E-state index is 13.1. The van der Waals surface area contributed by atoms with E-state index in [4.69, 9.17) is 9.47 Å². The maximum Gasteiger partial charge on any atom is 0.329 e. The number of halogens is 1. The highest BCUT2D eigenvalue weighted by molar-refractivity contribution is 6.39. The standard InChI is InChI=1S/C25H24FN3O4/c1-16-7-12-21(13-17(16)2)28-24(30)25(31)29-27-14-19-5-4-6-22(32-3)23(19)33-15-18-8-10-20(26)11-9-18/h4-14H,15H2,1-3H3,(H,28,30)(H,29,31)/b27-14-. The van der Waals surface area contributed by atoms with Crippen molar-refractivity contribution >= 4 is 23.7 Å². The average molecular weight is 449 g/mol. The summed E-state index contributed by atoms with van der Waals surface area (Å²) in [4.78, 5) is 24.2. The number of hydrogen-bond donors (Lipinski definition) is 2. The second-order valence-corrected chi connectivity index (χ2v) is 7.25. The molecule has 3 rings (SSSR count). The van der Waals surface area contributed by atoms with E-state index < -0.39 is 11.8 Å². The SMILES string of the molecule is COc1cccc(/C=N\NC(=O)C(=O)Nc2ccc(C)c(C)c2)c1OCc1ccc(F)cc1. The van der Waals surface area contributed by atoms with Gasteiger partial charge in [-0.2, -0.15) is 5.10 Å². The number of hydrogen-bond acceptors (Lipinski definition) is 5. The van der Waals surface area contributed by atoms with Crippen LogP contribution in [-0.2, 0) is 16.2 Å². The van der Waals surface area contributed by atoms with Gasteiger partial charge >= 0.3 is 11.8 Å². The van der Waals surface area contributed by atoms with Crippen molar-refractivity contribution in [2.75, 3.05) is 12.4 Å². The number of amides is 2. The van der Waals surface area contributed by atoms with Crippen molar-refractivity contribution in [3.63, 3.8) is 0 Å². The Morgan fingerprint density at radius 1 is 1.00 bits per heavy atom. The fourth-order valence-corrected chi connectivity index (χ4v) is 2.90. The molecule has 0 saturated carbocycles. The number of hydrazone groups is 1. The molecule has 8 heteroatoms. The van der Waals surface area contributed by atoms with E-state index in [1.54, 1.807) is 42.5 Å². The van der Waals surface area contributed by atoms with Crippen molar-refractivity contribution in [2.24, 2.45) is 5.10 Å². The molecule has 0 atom stereocenters. The molecule has 0 fully saturated rings. The van der Waals surface area contributed by atoms with Crippen LogP contribution in [0.25, 0.3) is 0 Å². The van der Waals surface area contributed by atoms with E-state index in [0.717, 1.165) is 16.7 Å². The zero-order chi connectivity index (χ0) is 23.8. The van der Waals surface area contributed by atoms with Crippen molar-refractivity contribution in [1.29, 1.82) is 0 Å². The first-order chi connectivity index (χ1) is 15.9. The van der Waals surface area contributed by atoms with Crippen molar-refractivity contribution in [1.82, 2.24) is 5.43 Å². The van der Waals surface area contributed by atoms with Crippen LogP contribution in [0.15, 0.2) is 65.8 Å². The molecule has 3 aromatic rings. The molecule has 0 aliphatic rings. The topological polar surface area (TPSA) is 89.0 Å². The zero-order valence-corrected chi connectivity index (χ0v) is 18.5. The summed E-state index contributed by atoms with van der Waals surface area (Å²) >= 11 is 0. The molecule has 0 radical (unpaired) electrons. The summed E-state index contributed by atoms with van der Waals surface area (Å²) in [5, 5.41) is 6.40. The largest absolute Gasteiger partial charge is 0.493 e. The van der Waals surface area contributed by atoms with Crippen LogP contribution < -0.4 is 20.2 Å². The van der Waals surface area contributed by atoms with Crippen LogP contribution >= 0.6 is 0 Å². The van der Waals surface area contributed by atoms with Crippen LogP contribution in [0.1, 0.15) is 22.3 Å². The minimum absolute atomic E-state index is 0.173. The first kappa shape index (κ1) is 23.5. The van der Waals surface area contributed by atoms with Crippen LogP contribution in [0.3, 0.4) is 0 Å². The minimum atomic E-state index is -0.916. The normalized spacial score (nSPS) is 10.7. The van der Waals surface area contributed by atoms with Gasteiger partial charge in [-0.3, -0.25) is 9.59 Å². The lowest BCUT2D eigenvalue weighted by molar-refractivity contribution is -0.136. The maximum atomic E-state index is 13.1. The van der Waals surface area contributed by atoms with Gasteiger partial charge < -0.3 is 14.8 Å². The molecule has 170 valence electrons.